The van der Waals surface area contributed by atoms with E-state index in [2.05, 4.69) is 9.98 Å². The number of nitrogens with zero attached hydrogens (tertiary/aromatic N) is 1. The van der Waals surface area contributed by atoms with Crippen LogP contribution in [0.25, 0.3) is 16.7 Å². The molecule has 6 N–H and O–H groups in total. The molecule has 0 radical (unpaired) electrons. The van der Waals surface area contributed by atoms with Crippen molar-refractivity contribution in [2.75, 3.05) is 0 Å². The molecule has 1 aromatic heterocycles. The third-order valence-electron chi connectivity index (χ3n) is 4.12. The lowest BCUT2D eigenvalue weighted by Gasteiger charge is -2.05. The molecule has 28 heavy (non-hydrogen) atoms. The Kier molecular flexibility index (Phi) is 5.56. The van der Waals surface area contributed by atoms with Crippen molar-refractivity contribution in [1.29, 1.82) is 0 Å². The lowest BCUT2D eigenvalue weighted by Crippen LogP contribution is -2.43. The molecular weight excluding hydrogens is 383 g/mol. The summed E-state index contributed by atoms with van der Waals surface area (Å²) in [6.07, 6.45) is 2.23. The maximum Gasteiger partial charge on any atom is 0.363 e. The van der Waals surface area contributed by atoms with E-state index in [9.17, 15) is 14.3 Å². The molecule has 0 atom stereocenters. The van der Waals surface area contributed by atoms with E-state index in [1.807, 2.05) is 0 Å². The normalized spacial score (nSPS) is 12.0. The molecule has 0 amide bonds. The fourth-order valence-corrected chi connectivity index (χ4v) is 3.04. The molecule has 0 saturated carbocycles. The Hall–Kier alpha value is -3.45. The SMILES string of the molecule is NC=NC(=[NH2+])C(=O)C=C(O)c1c(Cc2ccc(F)cc2)[nH]c2ccc(Cl)cc12. The number of aromatic amines is 1. The number of hydrogen-bond donors (Lipinski definition) is 4. The Morgan fingerprint density at radius 1 is 1.29 bits per heavy atom. The maximum absolute atomic E-state index is 13.2. The zero-order valence-electron chi connectivity index (χ0n) is 14.6. The van der Waals surface area contributed by atoms with Crippen molar-refractivity contribution in [2.45, 2.75) is 6.42 Å². The summed E-state index contributed by atoms with van der Waals surface area (Å²) < 4.78 is 13.2. The smallest absolute Gasteiger partial charge is 0.363 e. The van der Waals surface area contributed by atoms with Gasteiger partial charge in [0.05, 0.1) is 0 Å². The van der Waals surface area contributed by atoms with Crippen molar-refractivity contribution in [1.82, 2.24) is 4.98 Å². The zero-order chi connectivity index (χ0) is 20.3. The molecule has 3 aromatic rings. The van der Waals surface area contributed by atoms with Crippen LogP contribution < -0.4 is 11.1 Å². The highest BCUT2D eigenvalue weighted by atomic mass is 35.5. The molecule has 1 heterocycles. The third-order valence-corrected chi connectivity index (χ3v) is 4.36. The number of carbonyl (C=O) groups is 1. The minimum atomic E-state index is -0.691. The van der Waals surface area contributed by atoms with Crippen LogP contribution in [0.5, 0.6) is 0 Å². The van der Waals surface area contributed by atoms with E-state index in [-0.39, 0.29) is 17.4 Å². The largest absolute Gasteiger partial charge is 0.507 e. The van der Waals surface area contributed by atoms with Gasteiger partial charge in [0.25, 0.3) is 5.78 Å². The summed E-state index contributed by atoms with van der Waals surface area (Å²) >= 11 is 6.10. The third kappa shape index (κ3) is 4.10. The standard InChI is InChI=1S/C20H16ClFN4O2/c21-12-3-6-15-14(8-12)19(17(27)9-18(28)20(24)25-10-23)16(26-15)7-11-1-4-13(22)5-2-11/h1-6,8-10,26-27H,7H2,(H3,23,24,25)/p+1. The number of benzene rings is 2. The second-order valence-electron chi connectivity index (χ2n) is 6.03. The van der Waals surface area contributed by atoms with Gasteiger partial charge in [-0.1, -0.05) is 23.7 Å². The highest BCUT2D eigenvalue weighted by Gasteiger charge is 2.20. The molecule has 0 aliphatic heterocycles. The Balaban J connectivity index is 2.10. The van der Waals surface area contributed by atoms with Gasteiger partial charge in [-0.2, -0.15) is 0 Å². The van der Waals surface area contributed by atoms with E-state index in [4.69, 9.17) is 22.7 Å². The Morgan fingerprint density at radius 2 is 2.00 bits per heavy atom. The summed E-state index contributed by atoms with van der Waals surface area (Å²) in [5, 5.41) is 17.3. The molecule has 6 nitrogen and oxygen atoms in total. The molecule has 8 heteroatoms. The summed E-state index contributed by atoms with van der Waals surface area (Å²) in [7, 11) is 0. The summed E-state index contributed by atoms with van der Waals surface area (Å²) in [6, 6.07) is 11.2. The number of aliphatic imine (C=N–C) groups is 1. The molecule has 0 aliphatic rings. The first-order valence-corrected chi connectivity index (χ1v) is 8.63. The van der Waals surface area contributed by atoms with E-state index < -0.39 is 5.78 Å². The van der Waals surface area contributed by atoms with Gasteiger partial charge in [0.1, 0.15) is 11.6 Å². The van der Waals surface area contributed by atoms with Crippen molar-refractivity contribution in [3.05, 3.63) is 76.2 Å². The van der Waals surface area contributed by atoms with Crippen molar-refractivity contribution >= 4 is 46.2 Å². The Morgan fingerprint density at radius 3 is 2.68 bits per heavy atom. The summed E-state index contributed by atoms with van der Waals surface area (Å²) in [5.41, 5.74) is 7.70. The second kappa shape index (κ2) is 8.06. The van der Waals surface area contributed by atoms with Gasteiger partial charge in [-0.15, -0.1) is 0 Å². The average Bonchev–Trinajstić information content (AvgIpc) is 3.00. The highest BCUT2D eigenvalue weighted by molar-refractivity contribution is 6.42. The van der Waals surface area contributed by atoms with Crippen molar-refractivity contribution in [3.8, 4) is 0 Å². The molecule has 0 bridgehead atoms. The molecule has 2 aromatic carbocycles. The van der Waals surface area contributed by atoms with Gasteiger partial charge in [-0.25, -0.2) is 4.39 Å². The van der Waals surface area contributed by atoms with E-state index in [0.717, 1.165) is 23.5 Å². The van der Waals surface area contributed by atoms with Crippen LogP contribution in [0, 0.1) is 5.82 Å². The van der Waals surface area contributed by atoms with Gasteiger partial charge in [-0.3, -0.25) is 10.2 Å². The number of carbonyl (C=O) groups excluding carboxylic acids is 1. The molecule has 3 rings (SSSR count). The van der Waals surface area contributed by atoms with Crippen LogP contribution in [0.4, 0.5) is 4.39 Å². The van der Waals surface area contributed by atoms with Gasteiger partial charge in [-0.05, 0) is 40.9 Å². The first-order valence-electron chi connectivity index (χ1n) is 8.25. The number of ketones is 1. The first kappa shape index (κ1) is 19.3. The number of amidine groups is 1. The van der Waals surface area contributed by atoms with E-state index in [1.165, 1.54) is 12.1 Å². The number of H-pyrrole nitrogens is 1. The number of nitrogens with two attached hydrogens (primary N) is 2. The van der Waals surface area contributed by atoms with Crippen LogP contribution in [-0.4, -0.2) is 28.0 Å². The van der Waals surface area contributed by atoms with Crippen molar-refractivity contribution in [2.24, 2.45) is 10.7 Å². The predicted molar refractivity (Wildman–Crippen MR) is 108 cm³/mol. The minimum Gasteiger partial charge on any atom is -0.507 e. The van der Waals surface area contributed by atoms with Crippen LogP contribution in [0.1, 0.15) is 16.8 Å². The average molecular weight is 400 g/mol. The van der Waals surface area contributed by atoms with Gasteiger partial charge in [0.2, 0.25) is 6.34 Å². The summed E-state index contributed by atoms with van der Waals surface area (Å²) in [4.78, 5) is 18.8. The lowest BCUT2D eigenvalue weighted by atomic mass is 10.0. The van der Waals surface area contributed by atoms with E-state index in [0.29, 0.717) is 28.1 Å². The molecule has 0 fully saturated rings. The number of aromatic nitrogens is 1. The van der Waals surface area contributed by atoms with E-state index >= 15 is 0 Å². The number of halogens is 2. The number of fused-ring (bicyclic) bond motifs is 1. The lowest BCUT2D eigenvalue weighted by molar-refractivity contribution is -0.133. The monoisotopic (exact) mass is 399 g/mol. The van der Waals surface area contributed by atoms with Gasteiger partial charge in [0, 0.05) is 39.7 Å². The topological polar surface area (TPSA) is 117 Å². The van der Waals surface area contributed by atoms with Crippen LogP contribution in [0.3, 0.4) is 0 Å². The van der Waals surface area contributed by atoms with Crippen LogP contribution in [-0.2, 0) is 11.2 Å². The van der Waals surface area contributed by atoms with Crippen molar-refractivity contribution in [3.63, 3.8) is 0 Å². The Bertz CT molecular complexity index is 1120. The van der Waals surface area contributed by atoms with Crippen molar-refractivity contribution < 1.29 is 19.7 Å². The predicted octanol–water partition coefficient (Wildman–Crippen LogP) is 2.16. The summed E-state index contributed by atoms with van der Waals surface area (Å²) in [6.45, 7) is 0. The van der Waals surface area contributed by atoms with Gasteiger partial charge < -0.3 is 15.8 Å². The van der Waals surface area contributed by atoms with Crippen LogP contribution >= 0.6 is 11.6 Å². The quantitative estimate of drug-likeness (QED) is 0.228. The zero-order valence-corrected chi connectivity index (χ0v) is 15.4. The Labute approximate surface area is 164 Å². The number of hydrogen-bond acceptors (Lipinski definition) is 2. The number of rotatable bonds is 5. The van der Waals surface area contributed by atoms with Gasteiger partial charge >= 0.3 is 5.84 Å². The molecule has 0 aliphatic carbocycles. The van der Waals surface area contributed by atoms with E-state index in [1.54, 1.807) is 30.3 Å². The minimum absolute atomic E-state index is 0.300. The fourth-order valence-electron chi connectivity index (χ4n) is 2.87. The maximum atomic E-state index is 13.2. The molecule has 0 spiro atoms. The molecular formula is C20H17ClFN4O2+. The number of aliphatic hydroxyl groups is 1. The first-order chi connectivity index (χ1) is 13.4. The molecule has 142 valence electrons. The van der Waals surface area contributed by atoms with Gasteiger partial charge in [0.15, 0.2) is 0 Å². The summed E-state index contributed by atoms with van der Waals surface area (Å²) in [5.74, 6) is -1.69. The highest BCUT2D eigenvalue weighted by Crippen LogP contribution is 2.31. The van der Waals surface area contributed by atoms with Crippen LogP contribution in [0.2, 0.25) is 5.02 Å². The molecule has 0 saturated heterocycles. The second-order valence-corrected chi connectivity index (χ2v) is 6.47. The van der Waals surface area contributed by atoms with Crippen LogP contribution in [0.15, 0.2) is 53.5 Å². The number of nitrogens with one attached hydrogen (secondary N) is 1. The molecule has 0 unspecified atom stereocenters. The number of aliphatic hydroxyl groups excluding tert-OH is 1. The fraction of sp³-hybridized carbons (Fsp3) is 0.0500.